The first kappa shape index (κ1) is 25.2. The minimum atomic E-state index is -3.84. The lowest BCUT2D eigenvalue weighted by Crippen LogP contribution is -2.35. The Morgan fingerprint density at radius 2 is 1.86 bits per heavy atom. The number of hydrogen-bond acceptors (Lipinski definition) is 6. The summed E-state index contributed by atoms with van der Waals surface area (Å²) in [5.41, 5.74) is 4.73. The molecule has 3 aromatic rings. The number of carbonyl (C=O) groups is 1. The predicted octanol–water partition coefficient (Wildman–Crippen LogP) is 4.12. The molecule has 2 N–H and O–H groups in total. The number of nitro benzene ring substituents is 1. The van der Waals surface area contributed by atoms with E-state index in [1.807, 2.05) is 36.4 Å². The first-order chi connectivity index (χ1) is 17.2. The van der Waals surface area contributed by atoms with Gasteiger partial charge in [0, 0.05) is 42.6 Å². The number of carboxylic acids is 1. The van der Waals surface area contributed by atoms with E-state index < -0.39 is 20.9 Å². The van der Waals surface area contributed by atoms with Gasteiger partial charge in [0.25, 0.3) is 5.69 Å². The monoisotopic (exact) mass is 507 g/mol. The molecule has 0 saturated carbocycles. The zero-order valence-electron chi connectivity index (χ0n) is 19.3. The highest BCUT2D eigenvalue weighted by atomic mass is 32.2. The molecule has 1 heterocycles. The molecule has 1 aliphatic rings. The van der Waals surface area contributed by atoms with E-state index in [-0.39, 0.29) is 23.0 Å². The van der Waals surface area contributed by atoms with E-state index in [2.05, 4.69) is 9.71 Å². The van der Waals surface area contributed by atoms with Gasteiger partial charge in [0.1, 0.15) is 0 Å². The van der Waals surface area contributed by atoms with Gasteiger partial charge in [-0.15, -0.1) is 0 Å². The van der Waals surface area contributed by atoms with E-state index >= 15 is 0 Å². The van der Waals surface area contributed by atoms with Crippen LogP contribution in [0.15, 0.2) is 78.0 Å². The predicted molar refractivity (Wildman–Crippen MR) is 134 cm³/mol. The van der Waals surface area contributed by atoms with Crippen LogP contribution in [-0.4, -0.2) is 35.4 Å². The molecule has 0 saturated heterocycles. The summed E-state index contributed by atoms with van der Waals surface area (Å²) in [6.07, 6.45) is 7.74. The average Bonchev–Trinajstić information content (AvgIpc) is 3.25. The second-order valence-electron chi connectivity index (χ2n) is 8.61. The van der Waals surface area contributed by atoms with Crippen molar-refractivity contribution in [1.29, 1.82) is 0 Å². The van der Waals surface area contributed by atoms with E-state index in [4.69, 9.17) is 5.11 Å². The molecular formula is C26H25N3O6S. The molecule has 0 bridgehead atoms. The maximum atomic E-state index is 12.8. The number of rotatable bonds is 10. The number of carboxylic acid groups (broad SMARTS) is 1. The standard InChI is InChI=1S/C26H25N3O6S/c30-26(31)6-2-1-5-25(20-4-3-13-27-17-20)19-8-7-18-15-22(16-21(18)14-19)28-36(34,35)24-11-9-23(10-12-24)29(32)33/h3-5,7-14,17,22,28H,1-2,6,15-16H2,(H,30,31). The number of hydrogen-bond donors (Lipinski definition) is 2. The van der Waals surface area contributed by atoms with Gasteiger partial charge in [-0.3, -0.25) is 19.9 Å². The fraction of sp³-hybridized carbons (Fsp3) is 0.231. The second kappa shape index (κ2) is 10.8. The normalized spacial score (nSPS) is 15.4. The molecular weight excluding hydrogens is 482 g/mol. The number of nitro groups is 1. The summed E-state index contributed by atoms with van der Waals surface area (Å²) >= 11 is 0. The van der Waals surface area contributed by atoms with E-state index in [0.29, 0.717) is 25.7 Å². The third kappa shape index (κ3) is 6.02. The number of nitrogens with zero attached hydrogens (tertiary/aromatic N) is 2. The largest absolute Gasteiger partial charge is 0.481 e. The van der Waals surface area contributed by atoms with Crippen LogP contribution < -0.4 is 4.72 Å². The number of aliphatic carboxylic acids is 1. The minimum Gasteiger partial charge on any atom is -0.481 e. The molecule has 186 valence electrons. The van der Waals surface area contributed by atoms with Crippen molar-refractivity contribution in [2.24, 2.45) is 0 Å². The third-order valence-corrected chi connectivity index (χ3v) is 7.58. The van der Waals surface area contributed by atoms with Crippen LogP contribution in [0.1, 0.15) is 41.5 Å². The molecule has 0 fully saturated rings. The van der Waals surface area contributed by atoms with Crippen molar-refractivity contribution in [3.8, 4) is 0 Å². The van der Waals surface area contributed by atoms with E-state index in [1.54, 1.807) is 12.4 Å². The van der Waals surface area contributed by atoms with Gasteiger partial charge >= 0.3 is 5.97 Å². The van der Waals surface area contributed by atoms with Crippen molar-refractivity contribution >= 4 is 27.3 Å². The maximum absolute atomic E-state index is 12.8. The van der Waals surface area contributed by atoms with Gasteiger partial charge in [0.05, 0.1) is 9.82 Å². The topological polar surface area (TPSA) is 140 Å². The lowest BCUT2D eigenvalue weighted by Gasteiger charge is -2.12. The Balaban J connectivity index is 1.52. The number of benzene rings is 2. The van der Waals surface area contributed by atoms with Crippen molar-refractivity contribution in [1.82, 2.24) is 9.71 Å². The fourth-order valence-electron chi connectivity index (χ4n) is 4.33. The number of unbranched alkanes of at least 4 members (excludes halogenated alkanes) is 1. The molecule has 9 nitrogen and oxygen atoms in total. The Kier molecular flexibility index (Phi) is 7.56. The second-order valence-corrected chi connectivity index (χ2v) is 10.3. The summed E-state index contributed by atoms with van der Waals surface area (Å²) in [5, 5.41) is 19.8. The van der Waals surface area contributed by atoms with Gasteiger partial charge in [-0.2, -0.15) is 0 Å². The third-order valence-electron chi connectivity index (χ3n) is 6.05. The smallest absolute Gasteiger partial charge is 0.303 e. The zero-order chi connectivity index (χ0) is 25.7. The summed E-state index contributed by atoms with van der Waals surface area (Å²) in [4.78, 5) is 25.3. The van der Waals surface area contributed by atoms with Crippen molar-refractivity contribution in [2.45, 2.75) is 43.0 Å². The summed E-state index contributed by atoms with van der Waals surface area (Å²) in [5.74, 6) is -0.828. The highest BCUT2D eigenvalue weighted by Crippen LogP contribution is 2.30. The van der Waals surface area contributed by atoms with Crippen molar-refractivity contribution in [3.05, 3.63) is 105 Å². The fourth-order valence-corrected chi connectivity index (χ4v) is 5.56. The first-order valence-corrected chi connectivity index (χ1v) is 12.9. The molecule has 1 aromatic heterocycles. The van der Waals surface area contributed by atoms with E-state index in [9.17, 15) is 23.3 Å². The molecule has 1 unspecified atom stereocenters. The van der Waals surface area contributed by atoms with Crippen molar-refractivity contribution < 1.29 is 23.2 Å². The van der Waals surface area contributed by atoms with Crippen LogP contribution in [0.5, 0.6) is 0 Å². The molecule has 1 aliphatic carbocycles. The highest BCUT2D eigenvalue weighted by Gasteiger charge is 2.27. The first-order valence-electron chi connectivity index (χ1n) is 11.4. The van der Waals surface area contributed by atoms with Crippen molar-refractivity contribution in [3.63, 3.8) is 0 Å². The van der Waals surface area contributed by atoms with Crippen LogP contribution in [0, 0.1) is 10.1 Å². The maximum Gasteiger partial charge on any atom is 0.303 e. The van der Waals surface area contributed by atoms with Gasteiger partial charge < -0.3 is 5.11 Å². The van der Waals surface area contributed by atoms with Gasteiger partial charge in [0.15, 0.2) is 0 Å². The number of pyridine rings is 1. The van der Waals surface area contributed by atoms with Crippen LogP contribution >= 0.6 is 0 Å². The molecule has 0 aliphatic heterocycles. The lowest BCUT2D eigenvalue weighted by molar-refractivity contribution is -0.384. The number of sulfonamides is 1. The number of fused-ring (bicyclic) bond motifs is 1. The average molecular weight is 508 g/mol. The van der Waals surface area contributed by atoms with Gasteiger partial charge in [-0.05, 0) is 66.1 Å². The van der Waals surface area contributed by atoms with Gasteiger partial charge in [0.2, 0.25) is 10.0 Å². The minimum absolute atomic E-state index is 0.0205. The zero-order valence-corrected chi connectivity index (χ0v) is 20.1. The van der Waals surface area contributed by atoms with E-state index in [1.165, 1.54) is 24.3 Å². The Bertz CT molecular complexity index is 1400. The number of nitrogens with one attached hydrogen (secondary N) is 1. The highest BCUT2D eigenvalue weighted by molar-refractivity contribution is 7.89. The number of allylic oxidation sites excluding steroid dienone is 1. The van der Waals surface area contributed by atoms with Crippen LogP contribution in [0.3, 0.4) is 0 Å². The van der Waals surface area contributed by atoms with Crippen LogP contribution in [0.4, 0.5) is 5.69 Å². The lowest BCUT2D eigenvalue weighted by atomic mass is 9.95. The SMILES string of the molecule is O=C(O)CCCC=C(c1cccnc1)c1ccc2c(c1)CC(NS(=O)(=O)c1ccc([N+](=O)[O-])cc1)C2. The van der Waals surface area contributed by atoms with Crippen LogP contribution in [-0.2, 0) is 27.7 Å². The molecule has 2 aromatic carbocycles. The Morgan fingerprint density at radius 3 is 2.53 bits per heavy atom. The Hall–Kier alpha value is -3.89. The van der Waals surface area contributed by atoms with Crippen molar-refractivity contribution in [2.75, 3.05) is 0 Å². The summed E-state index contributed by atoms with van der Waals surface area (Å²) in [6.45, 7) is 0. The summed E-state index contributed by atoms with van der Waals surface area (Å²) in [7, 11) is -3.84. The molecule has 0 radical (unpaired) electrons. The van der Waals surface area contributed by atoms with Gasteiger partial charge in [-0.1, -0.05) is 30.3 Å². The van der Waals surface area contributed by atoms with Crippen LogP contribution in [0.25, 0.3) is 5.57 Å². The summed E-state index contributed by atoms with van der Waals surface area (Å²) in [6, 6.07) is 14.3. The molecule has 4 rings (SSSR count). The quantitative estimate of drug-likeness (QED) is 0.239. The molecule has 1 atom stereocenters. The molecule has 0 amide bonds. The molecule has 36 heavy (non-hydrogen) atoms. The molecule has 10 heteroatoms. The van der Waals surface area contributed by atoms with E-state index in [0.717, 1.165) is 27.8 Å². The number of aromatic nitrogens is 1. The Labute approximate surface area is 208 Å². The molecule has 0 spiro atoms. The number of non-ortho nitro benzene ring substituents is 1. The Morgan fingerprint density at radius 1 is 1.11 bits per heavy atom. The van der Waals surface area contributed by atoms with Crippen LogP contribution in [0.2, 0.25) is 0 Å². The summed E-state index contributed by atoms with van der Waals surface area (Å²) < 4.78 is 28.4. The van der Waals surface area contributed by atoms with Gasteiger partial charge in [-0.25, -0.2) is 13.1 Å².